The summed E-state index contributed by atoms with van der Waals surface area (Å²) in [4.78, 5) is 49.2. The molecule has 4 aliphatic rings. The zero-order valence-electron chi connectivity index (χ0n) is 21.9. The second-order valence-electron chi connectivity index (χ2n) is 11.7. The van der Waals surface area contributed by atoms with Crippen LogP contribution in [-0.2, 0) is 28.7 Å². The van der Waals surface area contributed by atoms with E-state index >= 15 is 0 Å². The molecule has 0 heterocycles. The number of fused-ring (bicyclic) bond motifs is 5. The standard InChI is InChI=1S/C28H37ClO7/c1-7-24(34)36-28(23(33)14-35-17(4)30)16(3)11-20-21-10-15(2)19-12-18(31)8-9-25(19,5)27(21,29)22(32)13-26(20,28)6/h8-9,12,15-16,20-22,32H,7,10-11,13-14H2,1-6H3/t15-,16-,20-,21-,22-,25-,26-,27-,28-/m0/s1. The highest BCUT2D eigenvalue weighted by molar-refractivity contribution is 6.26. The van der Waals surface area contributed by atoms with Crippen LogP contribution in [0.15, 0.2) is 23.8 Å². The van der Waals surface area contributed by atoms with Gasteiger partial charge in [-0.1, -0.05) is 46.3 Å². The molecule has 0 aromatic heterocycles. The predicted octanol–water partition coefficient (Wildman–Crippen LogP) is 3.94. The summed E-state index contributed by atoms with van der Waals surface area (Å²) in [5, 5.41) is 11.8. The highest BCUT2D eigenvalue weighted by atomic mass is 35.5. The normalized spacial score (nSPS) is 45.2. The van der Waals surface area contributed by atoms with Crippen molar-refractivity contribution in [1.29, 1.82) is 0 Å². The Hall–Kier alpha value is -1.99. The topological polar surface area (TPSA) is 107 Å². The molecule has 0 saturated heterocycles. The maximum absolute atomic E-state index is 13.8. The van der Waals surface area contributed by atoms with E-state index in [1.54, 1.807) is 13.0 Å². The van der Waals surface area contributed by atoms with Gasteiger partial charge in [-0.05, 0) is 49.2 Å². The summed E-state index contributed by atoms with van der Waals surface area (Å²) in [7, 11) is 0. The number of halogens is 1. The molecule has 3 saturated carbocycles. The number of ether oxygens (including phenoxy) is 2. The van der Waals surface area contributed by atoms with E-state index in [1.165, 1.54) is 13.0 Å². The molecule has 0 aromatic rings. The number of esters is 2. The summed E-state index contributed by atoms with van der Waals surface area (Å²) in [6, 6.07) is 0. The van der Waals surface area contributed by atoms with Crippen LogP contribution in [0.25, 0.3) is 0 Å². The lowest BCUT2D eigenvalue weighted by Crippen LogP contribution is -2.70. The number of carbonyl (C=O) groups is 4. The summed E-state index contributed by atoms with van der Waals surface area (Å²) < 4.78 is 11.1. The lowest BCUT2D eigenvalue weighted by Gasteiger charge is -2.65. The van der Waals surface area contributed by atoms with Gasteiger partial charge < -0.3 is 14.6 Å². The van der Waals surface area contributed by atoms with Crippen LogP contribution < -0.4 is 0 Å². The Morgan fingerprint density at radius 1 is 1.17 bits per heavy atom. The van der Waals surface area contributed by atoms with Crippen LogP contribution >= 0.6 is 11.6 Å². The van der Waals surface area contributed by atoms with Crippen LogP contribution in [0, 0.1) is 34.5 Å². The van der Waals surface area contributed by atoms with E-state index in [4.69, 9.17) is 21.1 Å². The maximum Gasteiger partial charge on any atom is 0.306 e. The lowest BCUT2D eigenvalue weighted by atomic mass is 9.44. The smallest absolute Gasteiger partial charge is 0.306 e. The number of aliphatic hydroxyl groups is 1. The zero-order valence-corrected chi connectivity index (χ0v) is 22.7. The molecule has 1 N–H and O–H groups in total. The van der Waals surface area contributed by atoms with Crippen LogP contribution in [0.1, 0.15) is 67.2 Å². The number of hydrogen-bond donors (Lipinski definition) is 1. The molecule has 4 rings (SSSR count). The van der Waals surface area contributed by atoms with Crippen molar-refractivity contribution in [3.63, 3.8) is 0 Å². The van der Waals surface area contributed by atoms with Crippen molar-refractivity contribution in [2.75, 3.05) is 6.61 Å². The third-order valence-electron chi connectivity index (χ3n) is 9.89. The molecule has 198 valence electrons. The Labute approximate surface area is 217 Å². The quantitative estimate of drug-likeness (QED) is 0.432. The third kappa shape index (κ3) is 3.41. The first-order valence-electron chi connectivity index (χ1n) is 12.9. The van der Waals surface area contributed by atoms with Crippen LogP contribution in [-0.4, -0.2) is 51.8 Å². The minimum atomic E-state index is -1.56. The highest BCUT2D eigenvalue weighted by Gasteiger charge is 2.76. The first-order valence-corrected chi connectivity index (χ1v) is 13.3. The molecule has 8 heteroatoms. The van der Waals surface area contributed by atoms with Crippen molar-refractivity contribution in [3.05, 3.63) is 23.8 Å². The molecule has 0 aliphatic heterocycles. The number of allylic oxidation sites excluding steroid dienone is 4. The molecule has 36 heavy (non-hydrogen) atoms. The van der Waals surface area contributed by atoms with Gasteiger partial charge in [-0.2, -0.15) is 0 Å². The summed E-state index contributed by atoms with van der Waals surface area (Å²) in [5.74, 6) is -2.36. The molecule has 0 bridgehead atoms. The molecule has 0 unspecified atom stereocenters. The largest absolute Gasteiger partial charge is 0.458 e. The monoisotopic (exact) mass is 520 g/mol. The van der Waals surface area contributed by atoms with E-state index in [-0.39, 0.29) is 42.3 Å². The van der Waals surface area contributed by atoms with Gasteiger partial charge in [0, 0.05) is 30.1 Å². The minimum absolute atomic E-state index is 0.0376. The molecular weight excluding hydrogens is 484 g/mol. The number of alkyl halides is 1. The number of ketones is 2. The van der Waals surface area contributed by atoms with Gasteiger partial charge in [0.15, 0.2) is 18.0 Å². The Bertz CT molecular complexity index is 1060. The predicted molar refractivity (Wildman–Crippen MR) is 133 cm³/mol. The van der Waals surface area contributed by atoms with Crippen molar-refractivity contribution in [2.24, 2.45) is 34.5 Å². The number of aliphatic hydroxyl groups excluding tert-OH is 1. The number of rotatable bonds is 5. The van der Waals surface area contributed by atoms with Crippen molar-refractivity contribution in [1.82, 2.24) is 0 Å². The van der Waals surface area contributed by atoms with Gasteiger partial charge in [0.05, 0.1) is 11.0 Å². The molecule has 4 aliphatic carbocycles. The van der Waals surface area contributed by atoms with Gasteiger partial charge in [-0.15, -0.1) is 11.6 Å². The lowest BCUT2D eigenvalue weighted by molar-refractivity contribution is -0.204. The maximum atomic E-state index is 13.8. The van der Waals surface area contributed by atoms with Gasteiger partial charge in [-0.25, -0.2) is 0 Å². The van der Waals surface area contributed by atoms with Crippen LogP contribution in [0.3, 0.4) is 0 Å². The van der Waals surface area contributed by atoms with E-state index in [1.807, 2.05) is 26.8 Å². The fraction of sp³-hybridized carbons (Fsp3) is 0.714. The molecule has 3 fully saturated rings. The molecular formula is C28H37ClO7. The first kappa shape index (κ1) is 27.1. The Balaban J connectivity index is 1.85. The van der Waals surface area contributed by atoms with Crippen molar-refractivity contribution >= 4 is 35.1 Å². The van der Waals surface area contributed by atoms with Crippen LogP contribution in [0.4, 0.5) is 0 Å². The van der Waals surface area contributed by atoms with Crippen LogP contribution in [0.2, 0.25) is 0 Å². The SMILES string of the molecule is CCC(=O)O[C@]1(C(=O)COC(C)=O)[C@@H](C)C[C@H]2[C@@H]3C[C@H](C)C4=CC(=O)C=C[C@]4(C)[C@@]3(Cl)[C@@H](O)C[C@@]21C. The van der Waals surface area contributed by atoms with Crippen molar-refractivity contribution in [3.8, 4) is 0 Å². The summed E-state index contributed by atoms with van der Waals surface area (Å²) >= 11 is 7.52. The Morgan fingerprint density at radius 3 is 2.44 bits per heavy atom. The Kier molecular flexibility index (Phi) is 6.61. The first-order chi connectivity index (χ1) is 16.7. The molecule has 0 amide bonds. The van der Waals surface area contributed by atoms with Gasteiger partial charge in [0.25, 0.3) is 0 Å². The second-order valence-corrected chi connectivity index (χ2v) is 12.3. The molecule has 0 aromatic carbocycles. The molecule has 9 atom stereocenters. The van der Waals surface area contributed by atoms with E-state index in [9.17, 15) is 24.3 Å². The average molecular weight is 521 g/mol. The van der Waals surface area contributed by atoms with E-state index in [0.29, 0.717) is 12.8 Å². The number of hydrogen-bond acceptors (Lipinski definition) is 7. The fourth-order valence-electron chi connectivity index (χ4n) is 8.31. The average Bonchev–Trinajstić information content (AvgIpc) is 3.02. The molecule has 0 radical (unpaired) electrons. The van der Waals surface area contributed by atoms with Crippen LogP contribution in [0.5, 0.6) is 0 Å². The fourth-order valence-corrected chi connectivity index (χ4v) is 8.80. The highest BCUT2D eigenvalue weighted by Crippen LogP contribution is 2.72. The minimum Gasteiger partial charge on any atom is -0.458 e. The Morgan fingerprint density at radius 2 is 1.83 bits per heavy atom. The zero-order chi connectivity index (χ0) is 26.8. The van der Waals surface area contributed by atoms with Crippen molar-refractivity contribution in [2.45, 2.75) is 83.8 Å². The van der Waals surface area contributed by atoms with E-state index in [0.717, 1.165) is 5.57 Å². The van der Waals surface area contributed by atoms with E-state index < -0.39 is 51.7 Å². The van der Waals surface area contributed by atoms with Crippen molar-refractivity contribution < 1.29 is 33.8 Å². The van der Waals surface area contributed by atoms with Gasteiger partial charge in [0.1, 0.15) is 0 Å². The van der Waals surface area contributed by atoms with Gasteiger partial charge >= 0.3 is 11.9 Å². The number of carbonyl (C=O) groups excluding carboxylic acids is 4. The van der Waals surface area contributed by atoms with Gasteiger partial charge in [-0.3, -0.25) is 19.2 Å². The molecule has 0 spiro atoms. The van der Waals surface area contributed by atoms with Gasteiger partial charge in [0.2, 0.25) is 5.78 Å². The third-order valence-corrected chi connectivity index (χ3v) is 10.8. The summed E-state index contributed by atoms with van der Waals surface area (Å²) in [6.07, 6.45) is 5.38. The van der Waals surface area contributed by atoms with E-state index in [2.05, 4.69) is 6.92 Å². The second kappa shape index (κ2) is 8.80. The summed E-state index contributed by atoms with van der Waals surface area (Å²) in [5.41, 5.74) is -2.31. The summed E-state index contributed by atoms with van der Waals surface area (Å²) in [6.45, 7) is 10.2. The molecule has 7 nitrogen and oxygen atoms in total. The number of Topliss-reactive ketones (excluding diaryl/α,β-unsaturated/α-hetero) is 1.